The molecule has 4 aliphatic rings. The number of aliphatic hydroxyl groups is 1. The van der Waals surface area contributed by atoms with Crippen LogP contribution < -0.4 is 14.4 Å². The fourth-order valence-electron chi connectivity index (χ4n) is 7.71. The summed E-state index contributed by atoms with van der Waals surface area (Å²) in [5.41, 5.74) is 0.242. The summed E-state index contributed by atoms with van der Waals surface area (Å²) in [7, 11) is -3.53. The fourth-order valence-corrected chi connectivity index (χ4v) is 9.20. The lowest BCUT2D eigenvalue weighted by Crippen LogP contribution is -2.62. The number of aromatic nitrogens is 2. The normalized spacial score (nSPS) is 24.8. The molecule has 4 fully saturated rings. The van der Waals surface area contributed by atoms with Gasteiger partial charge in [0.05, 0.1) is 24.9 Å². The number of amides is 1. The Labute approximate surface area is 288 Å². The number of hydrogen-bond donors (Lipinski definition) is 2. The molecule has 49 heavy (non-hydrogen) atoms. The zero-order chi connectivity index (χ0) is 35.0. The van der Waals surface area contributed by atoms with E-state index >= 15 is 0 Å². The highest BCUT2D eigenvalue weighted by Crippen LogP contribution is 2.45. The van der Waals surface area contributed by atoms with Crippen molar-refractivity contribution in [2.45, 2.75) is 90.1 Å². The molecule has 1 aromatic heterocycles. The van der Waals surface area contributed by atoms with Crippen molar-refractivity contribution in [1.82, 2.24) is 28.8 Å². The molecule has 2 atom stereocenters. The van der Waals surface area contributed by atoms with Crippen LogP contribution in [-0.2, 0) is 14.9 Å². The lowest BCUT2D eigenvalue weighted by molar-refractivity contribution is -0.239. The largest absolute Gasteiger partial charge is 0.451 e. The molecular weight excluding hydrogens is 653 g/mol. The van der Waals surface area contributed by atoms with Gasteiger partial charge in [-0.05, 0) is 91.1 Å². The molecule has 4 aliphatic heterocycles. The van der Waals surface area contributed by atoms with Gasteiger partial charge in [0.25, 0.3) is 16.1 Å². The van der Waals surface area contributed by atoms with E-state index in [9.17, 15) is 22.7 Å². The van der Waals surface area contributed by atoms with Crippen molar-refractivity contribution in [1.29, 1.82) is 0 Å². The molecule has 2 aromatic rings. The fraction of sp³-hybridized carbons (Fsp3) is 0.676. The molecule has 1 aromatic carbocycles. The monoisotopic (exact) mass is 703 g/mol. The second kappa shape index (κ2) is 14.3. The minimum atomic E-state index is -3.53. The lowest BCUT2D eigenvalue weighted by Gasteiger charge is -2.55. The Balaban J connectivity index is 1.02. The number of nitrogens with one attached hydrogen (secondary N) is 1. The number of carbonyl (C=O) groups excluding carboxylic acids is 1. The average Bonchev–Trinajstić information content (AvgIpc) is 3.59. The number of hydrogen-bond acceptors (Lipinski definition) is 10. The molecule has 0 radical (unpaired) electrons. The summed E-state index contributed by atoms with van der Waals surface area (Å²) in [5, 5.41) is 11.2. The standard InChI is InChI=1S/C34H50FN7O6S/c1-24(2)42(25(3)4)32(43)28-17-26(35)7-8-29(28)48-30-18-36-23-37-31(30)40-20-33(21-40)11-15-39(16-12-33)22-34(44)10-9-27(19-47-34)38-49(45,46)41-13-5-6-14-41/h7-8,17-18,23-25,27,38,44H,5-6,9-16,19-22H2,1-4H3/t27-,34-/m1/s1. The van der Waals surface area contributed by atoms with Crippen molar-refractivity contribution >= 4 is 21.9 Å². The molecule has 2 N–H and O–H groups in total. The SMILES string of the molecule is CC(C)N(C(=O)c1cc(F)ccc1Oc1cncnc1N1CC2(CCN(C[C@@]3(O)CC[C@@H](NS(=O)(=O)N4CCCC4)CO3)CC2)C1)C(C)C. The molecule has 0 saturated carbocycles. The van der Waals surface area contributed by atoms with Crippen molar-refractivity contribution in [3.05, 3.63) is 42.1 Å². The van der Waals surface area contributed by atoms with Crippen molar-refractivity contribution < 1.29 is 32.2 Å². The van der Waals surface area contributed by atoms with Crippen LogP contribution in [0.25, 0.3) is 0 Å². The molecule has 0 bridgehead atoms. The molecule has 6 rings (SSSR count). The van der Waals surface area contributed by atoms with E-state index in [2.05, 4.69) is 24.5 Å². The van der Waals surface area contributed by atoms with Gasteiger partial charge in [-0.25, -0.2) is 14.4 Å². The van der Waals surface area contributed by atoms with Gasteiger partial charge in [-0.2, -0.15) is 17.4 Å². The highest BCUT2D eigenvalue weighted by atomic mass is 32.2. The van der Waals surface area contributed by atoms with Crippen LogP contribution in [0.5, 0.6) is 11.5 Å². The van der Waals surface area contributed by atoms with Gasteiger partial charge in [0.2, 0.25) is 0 Å². The van der Waals surface area contributed by atoms with Gasteiger partial charge in [-0.1, -0.05) is 0 Å². The van der Waals surface area contributed by atoms with E-state index in [4.69, 9.17) is 9.47 Å². The van der Waals surface area contributed by atoms with Crippen molar-refractivity contribution in [2.24, 2.45) is 5.41 Å². The summed E-state index contributed by atoms with van der Waals surface area (Å²) < 4.78 is 56.0. The van der Waals surface area contributed by atoms with Crippen molar-refractivity contribution in [3.63, 3.8) is 0 Å². The summed E-state index contributed by atoms with van der Waals surface area (Å²) in [6.07, 6.45) is 7.56. The Morgan fingerprint density at radius 2 is 1.80 bits per heavy atom. The molecule has 0 aliphatic carbocycles. The zero-order valence-electron chi connectivity index (χ0n) is 29.0. The minimum Gasteiger partial charge on any atom is -0.451 e. The average molecular weight is 704 g/mol. The summed E-state index contributed by atoms with van der Waals surface area (Å²) in [6, 6.07) is 3.46. The Kier molecular flexibility index (Phi) is 10.5. The maximum Gasteiger partial charge on any atom is 0.279 e. The number of nitrogens with zero attached hydrogens (tertiary/aromatic N) is 6. The van der Waals surface area contributed by atoms with Crippen LogP contribution in [0.15, 0.2) is 30.7 Å². The van der Waals surface area contributed by atoms with Crippen LogP contribution in [0.4, 0.5) is 10.2 Å². The number of ether oxygens (including phenoxy) is 2. The summed E-state index contributed by atoms with van der Waals surface area (Å²) in [4.78, 5) is 28.3. The maximum absolute atomic E-state index is 14.4. The van der Waals surface area contributed by atoms with Gasteiger partial charge in [-0.3, -0.25) is 9.69 Å². The molecule has 0 unspecified atom stereocenters. The third-order valence-corrected chi connectivity index (χ3v) is 12.0. The van der Waals surface area contributed by atoms with E-state index in [-0.39, 0.29) is 47.4 Å². The first-order valence-electron chi connectivity index (χ1n) is 17.5. The highest BCUT2D eigenvalue weighted by molar-refractivity contribution is 7.87. The van der Waals surface area contributed by atoms with E-state index in [1.165, 1.54) is 28.8 Å². The van der Waals surface area contributed by atoms with Gasteiger partial charge in [0.1, 0.15) is 17.9 Å². The Morgan fingerprint density at radius 1 is 1.10 bits per heavy atom. The topological polar surface area (TPSA) is 141 Å². The highest BCUT2D eigenvalue weighted by Gasteiger charge is 2.47. The van der Waals surface area contributed by atoms with Crippen LogP contribution in [0, 0.1) is 11.2 Å². The minimum absolute atomic E-state index is 0.0821. The van der Waals surface area contributed by atoms with Gasteiger partial charge in [-0.15, -0.1) is 0 Å². The number of piperidine rings is 1. The van der Waals surface area contributed by atoms with Crippen molar-refractivity contribution in [2.75, 3.05) is 57.3 Å². The number of rotatable bonds is 11. The van der Waals surface area contributed by atoms with E-state index in [1.807, 2.05) is 27.7 Å². The third kappa shape index (κ3) is 8.02. The van der Waals surface area contributed by atoms with Crippen LogP contribution in [0.1, 0.15) is 76.6 Å². The number of anilines is 1. The van der Waals surface area contributed by atoms with Crippen LogP contribution in [0.3, 0.4) is 0 Å². The van der Waals surface area contributed by atoms with Crippen LogP contribution in [0.2, 0.25) is 0 Å². The second-order valence-electron chi connectivity index (χ2n) is 14.7. The first-order valence-corrected chi connectivity index (χ1v) is 18.9. The summed E-state index contributed by atoms with van der Waals surface area (Å²) in [6.45, 7) is 12.5. The third-order valence-electron chi connectivity index (χ3n) is 10.3. The van der Waals surface area contributed by atoms with Crippen molar-refractivity contribution in [3.8, 4) is 11.5 Å². The van der Waals surface area contributed by atoms with Crippen LogP contribution >= 0.6 is 0 Å². The summed E-state index contributed by atoms with van der Waals surface area (Å²) in [5.74, 6) is -0.867. The van der Waals surface area contributed by atoms with Gasteiger partial charge in [0.15, 0.2) is 17.4 Å². The smallest absolute Gasteiger partial charge is 0.279 e. The van der Waals surface area contributed by atoms with E-state index in [1.54, 1.807) is 11.1 Å². The van der Waals surface area contributed by atoms with Gasteiger partial charge in [0, 0.05) is 56.1 Å². The zero-order valence-corrected chi connectivity index (χ0v) is 29.8. The predicted octanol–water partition coefficient (Wildman–Crippen LogP) is 3.37. The summed E-state index contributed by atoms with van der Waals surface area (Å²) >= 11 is 0. The van der Waals surface area contributed by atoms with E-state index in [0.717, 1.165) is 51.9 Å². The maximum atomic E-state index is 14.4. The lowest BCUT2D eigenvalue weighted by atomic mass is 9.72. The number of halogens is 1. The quantitative estimate of drug-likeness (QED) is 0.358. The molecule has 15 heteroatoms. The van der Waals surface area contributed by atoms with Gasteiger partial charge < -0.3 is 24.4 Å². The van der Waals surface area contributed by atoms with E-state index in [0.29, 0.717) is 44.0 Å². The molecule has 13 nitrogen and oxygen atoms in total. The molecule has 1 spiro atoms. The number of β-amino-alcohol motifs (C(OH)–C–C–N with tert-alkyl or cyclic N) is 1. The molecule has 270 valence electrons. The number of likely N-dealkylation sites (tertiary alicyclic amines) is 1. The molecular formula is C34H50FN7O6S. The first kappa shape index (κ1) is 35.9. The predicted molar refractivity (Wildman–Crippen MR) is 182 cm³/mol. The molecule has 4 saturated heterocycles. The Bertz CT molecular complexity index is 1570. The number of carbonyl (C=O) groups is 1. The molecule has 5 heterocycles. The van der Waals surface area contributed by atoms with Gasteiger partial charge >= 0.3 is 0 Å². The number of benzene rings is 1. The second-order valence-corrected chi connectivity index (χ2v) is 16.4. The first-order chi connectivity index (χ1) is 23.3. The molecule has 1 amide bonds. The van der Waals surface area contributed by atoms with Crippen LogP contribution in [-0.4, -0.2) is 120 Å². The van der Waals surface area contributed by atoms with E-state index < -0.39 is 21.8 Å². The Morgan fingerprint density at radius 3 is 2.43 bits per heavy atom. The Hall–Kier alpha value is -2.95.